The minimum absolute atomic E-state index is 0.657. The molecule has 22 heavy (non-hydrogen) atoms. The highest BCUT2D eigenvalue weighted by molar-refractivity contribution is 5.03. The van der Waals surface area contributed by atoms with Gasteiger partial charge in [0.2, 0.25) is 0 Å². The molecule has 1 aliphatic heterocycles. The Bertz CT molecular complexity index is 357. The molecule has 124 valence electrons. The highest BCUT2D eigenvalue weighted by atomic mass is 15.0. The molecule has 1 saturated heterocycles. The van der Waals surface area contributed by atoms with E-state index < -0.39 is 0 Å². The van der Waals surface area contributed by atoms with Crippen LogP contribution in [0.25, 0.3) is 0 Å². The average Bonchev–Trinajstić information content (AvgIpc) is 2.56. The van der Waals surface area contributed by atoms with Crippen molar-refractivity contribution in [1.29, 1.82) is 0 Å². The smallest absolute Gasteiger partial charge is 0.0403 e. The average molecular weight is 305 g/mol. The van der Waals surface area contributed by atoms with Gasteiger partial charge in [0.1, 0.15) is 0 Å². The molecule has 5 nitrogen and oxygen atoms in total. The first-order valence-electron chi connectivity index (χ1n) is 8.68. The Hall–Kier alpha value is -1.01. The van der Waals surface area contributed by atoms with Gasteiger partial charge in [-0.3, -0.25) is 4.98 Å². The zero-order chi connectivity index (χ0) is 15.3. The lowest BCUT2D eigenvalue weighted by molar-refractivity contribution is 0.409. The van der Waals surface area contributed by atoms with Gasteiger partial charge in [0, 0.05) is 38.1 Å². The summed E-state index contributed by atoms with van der Waals surface area (Å²) in [4.78, 5) is 4.43. The lowest BCUT2D eigenvalue weighted by Crippen LogP contribution is -2.38. The van der Waals surface area contributed by atoms with Crippen molar-refractivity contribution in [3.63, 3.8) is 0 Å². The van der Waals surface area contributed by atoms with E-state index in [4.69, 9.17) is 0 Å². The molecule has 0 atom stereocenters. The molecule has 0 unspecified atom stereocenters. The molecule has 0 aliphatic carbocycles. The van der Waals surface area contributed by atoms with Gasteiger partial charge >= 0.3 is 0 Å². The minimum Gasteiger partial charge on any atom is -0.315 e. The molecular weight excluding hydrogens is 274 g/mol. The van der Waals surface area contributed by atoms with Crippen LogP contribution in [0, 0.1) is 5.92 Å². The van der Waals surface area contributed by atoms with Crippen molar-refractivity contribution in [2.24, 2.45) is 5.92 Å². The quantitative estimate of drug-likeness (QED) is 0.651. The highest BCUT2D eigenvalue weighted by Gasteiger charge is 2.09. The number of hydrogen-bond acceptors (Lipinski definition) is 5. The van der Waals surface area contributed by atoms with Gasteiger partial charge in [-0.05, 0) is 63.5 Å². The van der Waals surface area contributed by atoms with Crippen molar-refractivity contribution in [3.8, 4) is 0 Å². The zero-order valence-corrected chi connectivity index (χ0v) is 13.6. The number of hydrogen-bond donors (Lipinski definition) is 4. The van der Waals surface area contributed by atoms with E-state index >= 15 is 0 Å². The van der Waals surface area contributed by atoms with Crippen LogP contribution in [-0.4, -0.2) is 57.3 Å². The first-order chi connectivity index (χ1) is 10.9. The van der Waals surface area contributed by atoms with Crippen molar-refractivity contribution >= 4 is 0 Å². The van der Waals surface area contributed by atoms with Crippen LogP contribution in [0.5, 0.6) is 0 Å². The predicted molar refractivity (Wildman–Crippen MR) is 92.1 cm³/mol. The molecule has 1 fully saturated rings. The second-order valence-electron chi connectivity index (χ2n) is 5.99. The lowest BCUT2D eigenvalue weighted by Gasteiger charge is -2.19. The summed E-state index contributed by atoms with van der Waals surface area (Å²) in [5.41, 5.74) is 1.20. The van der Waals surface area contributed by atoms with Crippen LogP contribution in [-0.2, 0) is 6.42 Å². The maximum atomic E-state index is 4.43. The third-order valence-electron chi connectivity index (χ3n) is 4.07. The first kappa shape index (κ1) is 17.3. The highest BCUT2D eigenvalue weighted by Crippen LogP contribution is 2.07. The van der Waals surface area contributed by atoms with Crippen LogP contribution in [0.3, 0.4) is 0 Å². The summed E-state index contributed by atoms with van der Waals surface area (Å²) in [6, 6.07) is 6.18. The summed E-state index contributed by atoms with van der Waals surface area (Å²) in [5, 5.41) is 14.1. The number of nitrogens with zero attached hydrogens (tertiary/aromatic N) is 1. The van der Waals surface area contributed by atoms with Crippen molar-refractivity contribution in [3.05, 3.63) is 30.1 Å². The Morgan fingerprint density at radius 2 is 1.55 bits per heavy atom. The fourth-order valence-electron chi connectivity index (χ4n) is 2.73. The Balaban J connectivity index is 1.72. The number of aromatic nitrogens is 1. The molecule has 2 rings (SSSR count). The number of rotatable bonds is 3. The van der Waals surface area contributed by atoms with E-state index in [2.05, 4.69) is 38.4 Å². The number of nitrogens with one attached hydrogen (secondary N) is 4. The maximum Gasteiger partial charge on any atom is 0.0403 e. The first-order valence-corrected chi connectivity index (χ1v) is 8.68. The van der Waals surface area contributed by atoms with E-state index in [9.17, 15) is 0 Å². The van der Waals surface area contributed by atoms with E-state index in [1.807, 2.05) is 12.3 Å². The van der Waals surface area contributed by atoms with Crippen LogP contribution < -0.4 is 21.3 Å². The Labute approximate surface area is 134 Å². The third kappa shape index (κ3) is 7.84. The van der Waals surface area contributed by atoms with Crippen molar-refractivity contribution < 1.29 is 0 Å². The molecule has 0 bridgehead atoms. The normalized spacial score (nSPS) is 20.4. The van der Waals surface area contributed by atoms with E-state index in [-0.39, 0.29) is 0 Å². The van der Waals surface area contributed by atoms with Crippen LogP contribution in [0.4, 0.5) is 0 Å². The Morgan fingerprint density at radius 3 is 2.18 bits per heavy atom. The van der Waals surface area contributed by atoms with Gasteiger partial charge in [0.15, 0.2) is 0 Å². The van der Waals surface area contributed by atoms with Crippen LogP contribution in [0.15, 0.2) is 24.4 Å². The molecule has 0 spiro atoms. The predicted octanol–water partition coefficient (Wildman–Crippen LogP) is 0.393. The third-order valence-corrected chi connectivity index (χ3v) is 4.07. The Morgan fingerprint density at radius 1 is 0.864 bits per heavy atom. The monoisotopic (exact) mass is 305 g/mol. The molecule has 0 saturated carbocycles. The van der Waals surface area contributed by atoms with Gasteiger partial charge in [0.25, 0.3) is 0 Å². The van der Waals surface area contributed by atoms with Crippen molar-refractivity contribution in [2.75, 3.05) is 52.4 Å². The van der Waals surface area contributed by atoms with Crippen LogP contribution in [0.1, 0.15) is 18.5 Å². The maximum absolute atomic E-state index is 4.43. The fourth-order valence-corrected chi connectivity index (χ4v) is 2.73. The molecule has 2 heterocycles. The van der Waals surface area contributed by atoms with Crippen molar-refractivity contribution in [2.45, 2.75) is 19.3 Å². The second-order valence-corrected chi connectivity index (χ2v) is 5.99. The SMILES string of the molecule is c1ccc(CCC2CNCCNCCCNCCNC2)nc1. The topological polar surface area (TPSA) is 61.0 Å². The van der Waals surface area contributed by atoms with Crippen molar-refractivity contribution in [1.82, 2.24) is 26.3 Å². The lowest BCUT2D eigenvalue weighted by atomic mass is 10.0. The molecule has 1 aromatic heterocycles. The van der Waals surface area contributed by atoms with Gasteiger partial charge in [-0.2, -0.15) is 0 Å². The van der Waals surface area contributed by atoms with E-state index in [0.717, 1.165) is 58.8 Å². The standard InChI is InChI=1S/C17H31N5/c1-2-9-22-17(4-1)6-5-16-14-20-12-10-18-7-3-8-19-11-13-21-15-16/h1-2,4,9,16,18-21H,3,5-8,10-15H2. The molecule has 4 N–H and O–H groups in total. The van der Waals surface area contributed by atoms with E-state index in [0.29, 0.717) is 5.92 Å². The van der Waals surface area contributed by atoms with Gasteiger partial charge in [-0.25, -0.2) is 0 Å². The largest absolute Gasteiger partial charge is 0.315 e. The van der Waals surface area contributed by atoms with E-state index in [1.165, 1.54) is 18.5 Å². The summed E-state index contributed by atoms with van der Waals surface area (Å²) in [7, 11) is 0. The minimum atomic E-state index is 0.657. The Kier molecular flexibility index (Phi) is 9.10. The molecular formula is C17H31N5. The van der Waals surface area contributed by atoms with Crippen LogP contribution >= 0.6 is 0 Å². The van der Waals surface area contributed by atoms with Gasteiger partial charge in [-0.1, -0.05) is 6.07 Å². The number of pyridine rings is 1. The number of aryl methyl sites for hydroxylation is 1. The summed E-state index contributed by atoms with van der Waals surface area (Å²) < 4.78 is 0. The van der Waals surface area contributed by atoms with Gasteiger partial charge in [0.05, 0.1) is 0 Å². The van der Waals surface area contributed by atoms with Crippen LogP contribution in [0.2, 0.25) is 0 Å². The molecule has 0 amide bonds. The summed E-state index contributed by atoms with van der Waals surface area (Å²) >= 11 is 0. The molecule has 5 heteroatoms. The molecule has 0 aromatic carbocycles. The molecule has 1 aromatic rings. The molecule has 1 aliphatic rings. The summed E-state index contributed by atoms with van der Waals surface area (Å²) in [6.45, 7) is 8.57. The second kappa shape index (κ2) is 11.5. The van der Waals surface area contributed by atoms with Gasteiger partial charge < -0.3 is 21.3 Å². The summed E-state index contributed by atoms with van der Waals surface area (Å²) in [5.74, 6) is 0.657. The summed E-state index contributed by atoms with van der Waals surface area (Å²) in [6.07, 6.45) is 5.33. The molecule has 0 radical (unpaired) electrons. The van der Waals surface area contributed by atoms with E-state index in [1.54, 1.807) is 0 Å². The van der Waals surface area contributed by atoms with Gasteiger partial charge in [-0.15, -0.1) is 0 Å². The fraction of sp³-hybridized carbons (Fsp3) is 0.706. The zero-order valence-electron chi connectivity index (χ0n) is 13.6.